The van der Waals surface area contributed by atoms with E-state index in [1.165, 1.54) is 26.0 Å². The zero-order valence-electron chi connectivity index (χ0n) is 26.4. The number of likely N-dealkylation sites (tertiary alicyclic amines) is 1. The molecule has 2 aliphatic heterocycles. The molecule has 4 aromatic rings. The Balaban J connectivity index is 1.12. The Kier molecular flexibility index (Phi) is 8.96. The first-order valence-corrected chi connectivity index (χ1v) is 15.7. The second-order valence-electron chi connectivity index (χ2n) is 12.7. The van der Waals surface area contributed by atoms with Crippen LogP contribution >= 0.6 is 0 Å². The van der Waals surface area contributed by atoms with Gasteiger partial charge in [-0.05, 0) is 82.1 Å². The van der Waals surface area contributed by atoms with Gasteiger partial charge in [0, 0.05) is 36.2 Å². The Hall–Kier alpha value is -4.82. The minimum Gasteiger partial charge on any atom is -0.440 e. The molecule has 1 unspecified atom stereocenters. The number of benzene rings is 2. The molecule has 0 radical (unpaired) electrons. The zero-order valence-corrected chi connectivity index (χ0v) is 26.4. The number of rotatable bonds is 8. The number of halogens is 3. The maximum Gasteiger partial charge on any atom is 0.433 e. The van der Waals surface area contributed by atoms with Gasteiger partial charge in [0.2, 0.25) is 11.8 Å². The number of carbonyl (C=O) groups is 3. The van der Waals surface area contributed by atoms with Crippen molar-refractivity contribution in [3.8, 4) is 0 Å². The number of hydrogen-bond acceptors (Lipinski definition) is 9. The van der Waals surface area contributed by atoms with Gasteiger partial charge >= 0.3 is 6.18 Å². The molecule has 14 heteroatoms. The summed E-state index contributed by atoms with van der Waals surface area (Å²) in [5, 5.41) is 19.1. The van der Waals surface area contributed by atoms with E-state index in [2.05, 4.69) is 25.8 Å². The minimum atomic E-state index is -4.71. The van der Waals surface area contributed by atoms with Crippen molar-refractivity contribution < 1.29 is 37.1 Å². The van der Waals surface area contributed by atoms with E-state index in [-0.39, 0.29) is 23.4 Å². The molecule has 0 spiro atoms. The van der Waals surface area contributed by atoms with Crippen LogP contribution < -0.4 is 16.0 Å². The molecule has 4 N–H and O–H groups in total. The Morgan fingerprint density at radius 1 is 1.04 bits per heavy atom. The molecule has 0 saturated carbocycles. The first-order chi connectivity index (χ1) is 22.7. The summed E-state index contributed by atoms with van der Waals surface area (Å²) >= 11 is 0. The molecule has 0 aliphatic carbocycles. The van der Waals surface area contributed by atoms with E-state index in [1.54, 1.807) is 6.07 Å². The lowest BCUT2D eigenvalue weighted by Crippen LogP contribution is -2.47. The largest absolute Gasteiger partial charge is 0.440 e. The standard InChI is InChI=1S/C34H35F3N6O5/c1-33(2,47)22-16-26-27(17-25(22)40-30(45)23-7-4-8-28(39-23)34(35,36)37)48-32(41-26)20-11-13-43(14-12-20)18-19-5-3-6-21(15-19)38-24-9-10-29(44)42-31(24)46/h3-8,15-17,20,24,38,47H,9-14,18H2,1-2H3,(H,40,45)(H,42,44,46). The number of alkyl halides is 3. The molecule has 48 heavy (non-hydrogen) atoms. The smallest absolute Gasteiger partial charge is 0.433 e. The third-order valence-corrected chi connectivity index (χ3v) is 8.57. The molecular formula is C34H35F3N6O5. The summed E-state index contributed by atoms with van der Waals surface area (Å²) in [6.07, 6.45) is -2.39. The number of pyridine rings is 1. The van der Waals surface area contributed by atoms with E-state index in [9.17, 15) is 32.7 Å². The molecule has 2 saturated heterocycles. The van der Waals surface area contributed by atoms with Crippen molar-refractivity contribution in [2.24, 2.45) is 0 Å². The van der Waals surface area contributed by atoms with Gasteiger partial charge in [-0.2, -0.15) is 13.2 Å². The Morgan fingerprint density at radius 3 is 2.50 bits per heavy atom. The molecule has 0 bridgehead atoms. The summed E-state index contributed by atoms with van der Waals surface area (Å²) in [5.41, 5.74) is 0.219. The van der Waals surface area contributed by atoms with Crippen LogP contribution in [0.1, 0.15) is 78.6 Å². The van der Waals surface area contributed by atoms with Crippen LogP contribution in [-0.2, 0) is 27.9 Å². The number of amides is 3. The fourth-order valence-electron chi connectivity index (χ4n) is 6.07. The Bertz CT molecular complexity index is 1860. The van der Waals surface area contributed by atoms with E-state index in [0.717, 1.165) is 49.3 Å². The van der Waals surface area contributed by atoms with Crippen LogP contribution in [0.2, 0.25) is 0 Å². The average Bonchev–Trinajstić information content (AvgIpc) is 3.45. The summed E-state index contributed by atoms with van der Waals surface area (Å²) in [6.45, 7) is 5.35. The van der Waals surface area contributed by atoms with Crippen LogP contribution in [-0.4, -0.2) is 56.8 Å². The van der Waals surface area contributed by atoms with Gasteiger partial charge in [-0.1, -0.05) is 18.2 Å². The normalized spacial score (nSPS) is 18.2. The topological polar surface area (TPSA) is 150 Å². The molecule has 2 fully saturated rings. The van der Waals surface area contributed by atoms with Crippen LogP contribution in [0.5, 0.6) is 0 Å². The molecule has 2 aromatic carbocycles. The summed E-state index contributed by atoms with van der Waals surface area (Å²) in [7, 11) is 0. The van der Waals surface area contributed by atoms with E-state index in [4.69, 9.17) is 9.40 Å². The van der Waals surface area contributed by atoms with Gasteiger partial charge in [-0.25, -0.2) is 9.97 Å². The van der Waals surface area contributed by atoms with Gasteiger partial charge in [-0.3, -0.25) is 24.6 Å². The number of piperidine rings is 2. The quantitative estimate of drug-likeness (QED) is 0.184. The second-order valence-corrected chi connectivity index (χ2v) is 12.7. The molecule has 2 aliphatic rings. The maximum absolute atomic E-state index is 13.2. The number of nitrogens with one attached hydrogen (secondary N) is 3. The number of imide groups is 1. The summed E-state index contributed by atoms with van der Waals surface area (Å²) in [4.78, 5) is 47.0. The molecule has 11 nitrogen and oxygen atoms in total. The van der Waals surface area contributed by atoms with E-state index < -0.39 is 35.1 Å². The van der Waals surface area contributed by atoms with Gasteiger partial charge in [0.05, 0.1) is 11.3 Å². The zero-order chi connectivity index (χ0) is 34.2. The number of anilines is 2. The third-order valence-electron chi connectivity index (χ3n) is 8.57. The van der Waals surface area contributed by atoms with Crippen molar-refractivity contribution in [1.82, 2.24) is 20.2 Å². The molecule has 3 amide bonds. The van der Waals surface area contributed by atoms with Crippen molar-refractivity contribution >= 4 is 40.2 Å². The minimum absolute atomic E-state index is 0.0344. The Labute approximate surface area is 273 Å². The van der Waals surface area contributed by atoms with E-state index in [1.807, 2.05) is 24.3 Å². The highest BCUT2D eigenvalue weighted by molar-refractivity contribution is 6.04. The molecule has 1 atom stereocenters. The first kappa shape index (κ1) is 33.1. The van der Waals surface area contributed by atoms with Gasteiger partial charge < -0.3 is 20.2 Å². The number of oxazole rings is 1. The van der Waals surface area contributed by atoms with Gasteiger partial charge in [0.25, 0.3) is 5.91 Å². The van der Waals surface area contributed by atoms with Crippen LogP contribution in [0.3, 0.4) is 0 Å². The van der Waals surface area contributed by atoms with Crippen molar-refractivity contribution in [1.29, 1.82) is 0 Å². The SMILES string of the molecule is CC(C)(O)c1cc2nc(C3CCN(Cc4cccc(NC5CCC(=O)NC5=O)c4)CC3)oc2cc1NC(=O)c1cccc(C(F)(F)F)n1. The predicted octanol–water partition coefficient (Wildman–Crippen LogP) is 5.32. The number of aromatic nitrogens is 2. The van der Waals surface area contributed by atoms with Crippen molar-refractivity contribution in [3.63, 3.8) is 0 Å². The van der Waals surface area contributed by atoms with Crippen LogP contribution in [0, 0.1) is 0 Å². The molecular weight excluding hydrogens is 629 g/mol. The van der Waals surface area contributed by atoms with Gasteiger partial charge in [0.15, 0.2) is 11.5 Å². The van der Waals surface area contributed by atoms with Crippen molar-refractivity contribution in [2.75, 3.05) is 23.7 Å². The Morgan fingerprint density at radius 2 is 1.79 bits per heavy atom. The lowest BCUT2D eigenvalue weighted by atomic mass is 9.95. The monoisotopic (exact) mass is 664 g/mol. The van der Waals surface area contributed by atoms with Gasteiger partial charge in [0.1, 0.15) is 22.9 Å². The highest BCUT2D eigenvalue weighted by atomic mass is 19.4. The third kappa shape index (κ3) is 7.50. The lowest BCUT2D eigenvalue weighted by molar-refractivity contribution is -0.141. The fourth-order valence-corrected chi connectivity index (χ4v) is 6.07. The van der Waals surface area contributed by atoms with E-state index >= 15 is 0 Å². The maximum atomic E-state index is 13.2. The van der Waals surface area contributed by atoms with Crippen molar-refractivity contribution in [3.05, 3.63) is 83.0 Å². The van der Waals surface area contributed by atoms with Gasteiger partial charge in [-0.15, -0.1) is 0 Å². The number of carbonyl (C=O) groups excluding carboxylic acids is 3. The van der Waals surface area contributed by atoms with Crippen LogP contribution in [0.15, 0.2) is 59.0 Å². The summed E-state index contributed by atoms with van der Waals surface area (Å²) in [5.74, 6) is -0.870. The fraction of sp³-hybridized carbons (Fsp3) is 0.382. The number of hydrogen-bond donors (Lipinski definition) is 4. The molecule has 252 valence electrons. The average molecular weight is 665 g/mol. The predicted molar refractivity (Wildman–Crippen MR) is 170 cm³/mol. The highest BCUT2D eigenvalue weighted by Crippen LogP contribution is 2.36. The molecule has 6 rings (SSSR count). The highest BCUT2D eigenvalue weighted by Gasteiger charge is 2.33. The number of nitrogens with zero attached hydrogens (tertiary/aromatic N) is 3. The van der Waals surface area contributed by atoms with E-state index in [0.29, 0.717) is 41.9 Å². The summed E-state index contributed by atoms with van der Waals surface area (Å²) in [6, 6.07) is 13.6. The van der Waals surface area contributed by atoms with Crippen LogP contribution in [0.4, 0.5) is 24.5 Å². The number of aliphatic hydroxyl groups is 1. The molecule has 2 aromatic heterocycles. The van der Waals surface area contributed by atoms with Crippen LogP contribution in [0.25, 0.3) is 11.1 Å². The second kappa shape index (κ2) is 13.0. The first-order valence-electron chi connectivity index (χ1n) is 15.7. The number of fused-ring (bicyclic) bond motifs is 1. The van der Waals surface area contributed by atoms with Crippen molar-refractivity contribution in [2.45, 2.75) is 69.8 Å². The lowest BCUT2D eigenvalue weighted by Gasteiger charge is -2.30. The summed E-state index contributed by atoms with van der Waals surface area (Å²) < 4.78 is 45.6. The molecule has 4 heterocycles.